The van der Waals surface area contributed by atoms with Crippen molar-refractivity contribution in [1.29, 1.82) is 0 Å². The minimum atomic E-state index is -1.75. The second-order valence-corrected chi connectivity index (χ2v) is 26.5. The van der Waals surface area contributed by atoms with Crippen molar-refractivity contribution in [1.82, 2.24) is 47.5 Å². The van der Waals surface area contributed by atoms with Gasteiger partial charge in [0.05, 0.1) is 35.0 Å². The molecule has 19 N–H and O–H groups in total. The lowest BCUT2D eigenvalue weighted by molar-refractivity contribution is -0.205. The normalized spacial score (nSPS) is 25.8. The number of aromatic nitrogens is 1. The summed E-state index contributed by atoms with van der Waals surface area (Å²) in [5.41, 5.74) is 6.97. The highest BCUT2D eigenvalue weighted by atomic mass is 127. The molecule has 488 valence electrons. The van der Waals surface area contributed by atoms with E-state index >= 15 is 9.59 Å². The summed E-state index contributed by atoms with van der Waals surface area (Å²) in [7, 11) is 1.84. The zero-order chi connectivity index (χ0) is 64.9. The Morgan fingerprint density at radius 2 is 1.43 bits per heavy atom. The molecular weight excluding hydrogens is 1330 g/mol. The summed E-state index contributed by atoms with van der Waals surface area (Å²) in [5, 5.41) is 105. The van der Waals surface area contributed by atoms with Crippen LogP contribution in [-0.2, 0) is 62.4 Å². The Hall–Kier alpha value is -5.82. The third-order valence-corrected chi connectivity index (χ3v) is 19.2. The van der Waals surface area contributed by atoms with Gasteiger partial charge in [-0.2, -0.15) is 0 Å². The fourth-order valence-corrected chi connectivity index (χ4v) is 13.6. The Morgan fingerprint density at radius 1 is 0.764 bits per heavy atom. The standard InChI is InChI=1S/C58H79IN10O17S3/c1-29(72)41(25-70)66-56(84)43-28-89-88-27-42(67-52(80)38(21-31-10-4-3-5-11-31)62-46(75)17-19-87-58-50(78)49(77)48(76)45(26-71)86-58)55(83)64-39(22-32-15-16-44(74)35(59)20-32)53(81)65-40(23-33-24-61-36-13-7-6-12-34(33)36)54(82)63-37(14-8-9-18-60)51(79)69-47(30(2)73)57(85)68-43/h3-7,10-13,15-16,20,24,29-30,37-43,45,47-50,58,61,70-74,76-78H,8-9,14,17-19,21-23,25-28,60H2,1-2H3,(H,62,75)(H,63,82)(H,64,83)(H,65,81)(H,66,84)(H,67,80)(H,68,85)(H,69,79)/t29-,30-,37+,38+,39+,40-,41+,42+,43+,45+,47+,48-,49+,50+,58+/m1/s1. The first-order valence-corrected chi connectivity index (χ1v) is 33.5. The van der Waals surface area contributed by atoms with E-state index in [1.807, 2.05) is 22.6 Å². The summed E-state index contributed by atoms with van der Waals surface area (Å²) in [5.74, 6) is -7.93. The lowest BCUT2D eigenvalue weighted by Gasteiger charge is -2.39. The van der Waals surface area contributed by atoms with Crippen molar-refractivity contribution in [3.8, 4) is 5.75 Å². The molecule has 6 rings (SSSR count). The molecule has 2 saturated heterocycles. The van der Waals surface area contributed by atoms with Gasteiger partial charge in [-0.15, -0.1) is 11.8 Å². The molecule has 2 fully saturated rings. The number of hydrogen-bond donors (Lipinski definition) is 18. The molecule has 8 amide bonds. The number of nitrogens with two attached hydrogens (primary N) is 1. The molecule has 1 aromatic heterocycles. The molecule has 31 heteroatoms. The van der Waals surface area contributed by atoms with Crippen LogP contribution in [0.3, 0.4) is 0 Å². The Labute approximate surface area is 539 Å². The van der Waals surface area contributed by atoms with Gasteiger partial charge in [0.1, 0.15) is 77.9 Å². The van der Waals surface area contributed by atoms with E-state index in [-0.39, 0.29) is 68.1 Å². The van der Waals surface area contributed by atoms with Gasteiger partial charge < -0.3 is 98.8 Å². The number of phenolic OH excluding ortho intramolecular Hbond substituents is 1. The number of carbonyl (C=O) groups is 8. The summed E-state index contributed by atoms with van der Waals surface area (Å²) in [6.07, 6.45) is -7.43. The number of unbranched alkanes of at least 4 members (excludes halogenated alkanes) is 1. The Balaban J connectivity index is 1.39. The lowest BCUT2D eigenvalue weighted by atomic mass is 10.0. The van der Waals surface area contributed by atoms with Gasteiger partial charge >= 0.3 is 0 Å². The van der Waals surface area contributed by atoms with E-state index in [2.05, 4.69) is 47.5 Å². The SMILES string of the molecule is C[C@@H](O)[C@H](CO)NC(=O)[C@@H]1CSSC[C@H](NC(=O)[C@H](Cc2ccccc2)NC(=O)CCS[C@@H]2O[C@@H](CO)[C@@H](O)[C@H](O)[C@@H]2O)C(=O)N[C@@H](Cc2ccc(O)c(I)c2)C(=O)N[C@H](Cc2c[nH]c3ccccc23)C(=O)N[C@@H](CCCCN)C(=O)N[C@@H]([C@@H](C)O)C(=O)N1. The predicted octanol–water partition coefficient (Wildman–Crippen LogP) is -2.41. The van der Waals surface area contributed by atoms with E-state index in [1.54, 1.807) is 66.9 Å². The number of halogens is 1. The summed E-state index contributed by atoms with van der Waals surface area (Å²) in [4.78, 5) is 119. The van der Waals surface area contributed by atoms with Crippen LogP contribution in [-0.4, -0.2) is 221 Å². The minimum absolute atomic E-state index is 0.0379. The van der Waals surface area contributed by atoms with Crippen molar-refractivity contribution in [3.05, 3.63) is 99.3 Å². The fourth-order valence-electron chi connectivity index (χ4n) is 9.62. The van der Waals surface area contributed by atoms with Crippen LogP contribution in [0.4, 0.5) is 0 Å². The van der Waals surface area contributed by atoms with E-state index in [0.717, 1.165) is 33.3 Å². The van der Waals surface area contributed by atoms with Gasteiger partial charge in [0.2, 0.25) is 47.3 Å². The van der Waals surface area contributed by atoms with Crippen molar-refractivity contribution in [2.24, 2.45) is 5.73 Å². The topological polar surface area (TPSA) is 446 Å². The third kappa shape index (κ3) is 21.4. The van der Waals surface area contributed by atoms with Crippen molar-refractivity contribution in [3.63, 3.8) is 0 Å². The number of aliphatic hydroxyl groups excluding tert-OH is 7. The molecule has 0 bridgehead atoms. The predicted molar refractivity (Wildman–Crippen MR) is 341 cm³/mol. The third-order valence-electron chi connectivity index (χ3n) is 14.8. The number of hydrogen-bond acceptors (Lipinski definition) is 21. The fraction of sp³-hybridized carbons (Fsp3) is 0.517. The molecule has 89 heavy (non-hydrogen) atoms. The number of rotatable bonds is 23. The van der Waals surface area contributed by atoms with Gasteiger partial charge in [-0.3, -0.25) is 38.4 Å². The van der Waals surface area contributed by atoms with E-state index in [4.69, 9.17) is 10.5 Å². The van der Waals surface area contributed by atoms with Crippen LogP contribution in [0.5, 0.6) is 5.75 Å². The lowest BCUT2D eigenvalue weighted by Crippen LogP contribution is -2.62. The second kappa shape index (κ2) is 35.7. The van der Waals surface area contributed by atoms with Crippen molar-refractivity contribution in [2.75, 3.05) is 37.0 Å². The van der Waals surface area contributed by atoms with Gasteiger partial charge in [-0.25, -0.2) is 0 Å². The van der Waals surface area contributed by atoms with Gasteiger partial charge in [0.15, 0.2) is 0 Å². The highest BCUT2D eigenvalue weighted by molar-refractivity contribution is 14.1. The van der Waals surface area contributed by atoms with E-state index < -0.39 is 151 Å². The van der Waals surface area contributed by atoms with Crippen LogP contribution in [0.2, 0.25) is 0 Å². The maximum atomic E-state index is 15.1. The van der Waals surface area contributed by atoms with Crippen LogP contribution in [0.15, 0.2) is 79.0 Å². The largest absolute Gasteiger partial charge is 0.507 e. The van der Waals surface area contributed by atoms with E-state index in [1.165, 1.54) is 26.0 Å². The Bertz CT molecular complexity index is 3030. The molecule has 3 aromatic carbocycles. The Kier molecular flexibility index (Phi) is 29.0. The number of aromatic hydroxyl groups is 1. The number of H-pyrrole nitrogens is 1. The summed E-state index contributed by atoms with van der Waals surface area (Å²) in [6.45, 7) is 1.36. The molecule has 15 atom stereocenters. The number of amides is 8. The van der Waals surface area contributed by atoms with E-state index in [0.29, 0.717) is 37.6 Å². The van der Waals surface area contributed by atoms with Crippen LogP contribution >= 0.6 is 55.9 Å². The van der Waals surface area contributed by atoms with Crippen molar-refractivity contribution < 1.29 is 83.9 Å². The zero-order valence-corrected chi connectivity index (χ0v) is 53.4. The van der Waals surface area contributed by atoms with Crippen molar-refractivity contribution >= 4 is 114 Å². The molecule has 0 spiro atoms. The average Bonchev–Trinajstić information content (AvgIpc) is 2.17. The number of fused-ring (bicyclic) bond motifs is 1. The van der Waals surface area contributed by atoms with Crippen LogP contribution in [0, 0.1) is 3.57 Å². The summed E-state index contributed by atoms with van der Waals surface area (Å²) < 4.78 is 5.96. The minimum Gasteiger partial charge on any atom is -0.507 e. The summed E-state index contributed by atoms with van der Waals surface area (Å²) >= 11 is 2.81. The van der Waals surface area contributed by atoms with Gasteiger partial charge in [-0.1, -0.05) is 76.2 Å². The second-order valence-electron chi connectivity index (χ2n) is 21.6. The van der Waals surface area contributed by atoms with Gasteiger partial charge in [0, 0.05) is 60.0 Å². The van der Waals surface area contributed by atoms with Crippen molar-refractivity contribution in [2.45, 2.75) is 149 Å². The number of ether oxygens (including phenoxy) is 1. The maximum Gasteiger partial charge on any atom is 0.245 e. The molecule has 2 aliphatic heterocycles. The quantitative estimate of drug-likeness (QED) is 0.0209. The van der Waals surface area contributed by atoms with E-state index in [9.17, 15) is 69.6 Å². The number of thioether (sulfide) groups is 1. The monoisotopic (exact) mass is 1410 g/mol. The molecular formula is C58H79IN10O17S3. The Morgan fingerprint density at radius 3 is 2.10 bits per heavy atom. The smallest absolute Gasteiger partial charge is 0.245 e. The molecule has 0 aliphatic carbocycles. The molecule has 0 unspecified atom stereocenters. The highest BCUT2D eigenvalue weighted by Gasteiger charge is 2.44. The number of phenols is 1. The van der Waals surface area contributed by atoms with Gasteiger partial charge in [-0.05, 0) is 97.1 Å². The molecule has 4 aromatic rings. The first kappa shape index (κ1) is 72.2. The number of nitrogens with one attached hydrogen (secondary N) is 9. The number of benzene rings is 3. The number of para-hydroxylation sites is 1. The molecule has 27 nitrogen and oxygen atoms in total. The zero-order valence-electron chi connectivity index (χ0n) is 48.8. The number of aromatic amines is 1. The maximum absolute atomic E-state index is 15.1. The molecule has 0 radical (unpaired) electrons. The number of carbonyl (C=O) groups excluding carboxylic acids is 8. The molecule has 0 saturated carbocycles. The van der Waals surface area contributed by atoms with Gasteiger partial charge in [0.25, 0.3) is 0 Å². The highest BCUT2D eigenvalue weighted by Crippen LogP contribution is 2.30. The average molecular weight is 1410 g/mol. The number of aliphatic hydroxyl groups is 7. The van der Waals surface area contributed by atoms with Crippen LogP contribution in [0.25, 0.3) is 10.9 Å². The molecule has 2 aliphatic rings. The first-order chi connectivity index (χ1) is 42.5. The van der Waals surface area contributed by atoms with Crippen LogP contribution < -0.4 is 48.3 Å². The molecule has 3 heterocycles. The van der Waals surface area contributed by atoms with Crippen LogP contribution in [0.1, 0.15) is 56.2 Å². The first-order valence-electron chi connectivity index (χ1n) is 28.8. The summed E-state index contributed by atoms with van der Waals surface area (Å²) in [6, 6.07) is 8.33.